The van der Waals surface area contributed by atoms with E-state index >= 15 is 0 Å². The second-order valence-electron chi connectivity index (χ2n) is 7.29. The number of likely N-dealkylation sites (tertiary alicyclic amines) is 1. The zero-order chi connectivity index (χ0) is 18.7. The maximum Gasteiger partial charge on any atom is 0.511 e. The highest BCUT2D eigenvalue weighted by molar-refractivity contribution is 6.30. The van der Waals surface area contributed by atoms with Crippen LogP contribution in [-0.2, 0) is 11.1 Å². The number of likely N-dealkylation sites (N-methyl/N-ethyl adjacent to an activating group) is 2. The molecule has 26 heavy (non-hydrogen) atoms. The Hall–Kier alpha value is -2.24. The monoisotopic (exact) mass is 372 g/mol. The lowest BCUT2D eigenvalue weighted by Crippen LogP contribution is -2.57. The summed E-state index contributed by atoms with van der Waals surface area (Å²) >= 11 is 6.13. The van der Waals surface area contributed by atoms with Gasteiger partial charge in [0, 0.05) is 29.7 Å². The molecule has 0 spiro atoms. The van der Waals surface area contributed by atoms with Gasteiger partial charge in [-0.3, -0.25) is 4.90 Å². The first kappa shape index (κ1) is 17.2. The van der Waals surface area contributed by atoms with E-state index < -0.39 is 6.16 Å². The van der Waals surface area contributed by atoms with Gasteiger partial charge in [0.2, 0.25) is 0 Å². The Balaban J connectivity index is 1.93. The summed E-state index contributed by atoms with van der Waals surface area (Å²) in [6.07, 6.45) is -0.339. The van der Waals surface area contributed by atoms with Crippen LogP contribution in [0.15, 0.2) is 42.5 Å². The zero-order valence-corrected chi connectivity index (χ0v) is 15.7. The third-order valence-electron chi connectivity index (χ3n) is 6.13. The molecule has 0 aliphatic carbocycles. The van der Waals surface area contributed by atoms with E-state index in [0.717, 1.165) is 24.2 Å². The number of halogens is 1. The first-order chi connectivity index (χ1) is 12.3. The molecule has 1 N–H and O–H groups in total. The van der Waals surface area contributed by atoms with Gasteiger partial charge in [-0.2, -0.15) is 0 Å². The largest absolute Gasteiger partial charge is 0.511 e. The first-order valence-corrected chi connectivity index (χ1v) is 8.95. The van der Waals surface area contributed by atoms with Gasteiger partial charge in [0.25, 0.3) is 0 Å². The number of carbonyl (C=O) groups is 1. The molecule has 6 heteroatoms. The maximum atomic E-state index is 11.0. The molecule has 0 radical (unpaired) electrons. The number of anilines is 1. The number of ether oxygens (including phenoxy) is 1. The smallest absolute Gasteiger partial charge is 0.449 e. The lowest BCUT2D eigenvalue weighted by molar-refractivity contribution is 0.125. The summed E-state index contributed by atoms with van der Waals surface area (Å²) in [6, 6.07) is 13.5. The normalized spacial score (nSPS) is 27.3. The van der Waals surface area contributed by atoms with Gasteiger partial charge in [-0.15, -0.1) is 0 Å². The average molecular weight is 373 g/mol. The lowest BCUT2D eigenvalue weighted by Gasteiger charge is -2.48. The van der Waals surface area contributed by atoms with Crippen molar-refractivity contribution in [1.29, 1.82) is 0 Å². The van der Waals surface area contributed by atoms with E-state index in [9.17, 15) is 4.79 Å². The number of carboxylic acid groups (broad SMARTS) is 1. The fraction of sp³-hybridized carbons (Fsp3) is 0.350. The number of nitrogens with zero attached hydrogens (tertiary/aromatic N) is 2. The fourth-order valence-corrected chi connectivity index (χ4v) is 5.23. The molecule has 2 aliphatic heterocycles. The summed E-state index contributed by atoms with van der Waals surface area (Å²) < 4.78 is 4.92. The Kier molecular flexibility index (Phi) is 3.72. The number of benzene rings is 2. The number of hydrogen-bond donors (Lipinski definition) is 1. The molecule has 1 saturated heterocycles. The molecule has 2 aromatic carbocycles. The minimum atomic E-state index is -1.30. The van der Waals surface area contributed by atoms with Crippen LogP contribution in [0.5, 0.6) is 5.75 Å². The third kappa shape index (κ3) is 2.04. The molecule has 0 amide bonds. The van der Waals surface area contributed by atoms with Gasteiger partial charge >= 0.3 is 6.16 Å². The van der Waals surface area contributed by atoms with Crippen molar-refractivity contribution in [3.63, 3.8) is 0 Å². The highest BCUT2D eigenvalue weighted by Crippen LogP contribution is 2.62. The molecule has 0 unspecified atom stereocenters. The number of hydrogen-bond acceptors (Lipinski definition) is 4. The minimum absolute atomic E-state index is 0.211. The number of rotatable bonds is 2. The van der Waals surface area contributed by atoms with E-state index in [1.807, 2.05) is 24.3 Å². The van der Waals surface area contributed by atoms with E-state index in [4.69, 9.17) is 21.4 Å². The molecule has 2 heterocycles. The van der Waals surface area contributed by atoms with Gasteiger partial charge in [0.05, 0.1) is 0 Å². The third-order valence-corrected chi connectivity index (χ3v) is 6.38. The quantitative estimate of drug-likeness (QED) is 0.629. The van der Waals surface area contributed by atoms with Crippen molar-refractivity contribution in [3.05, 3.63) is 58.6 Å². The van der Waals surface area contributed by atoms with Crippen LogP contribution in [0, 0.1) is 0 Å². The highest BCUT2D eigenvalue weighted by Gasteiger charge is 2.64. The van der Waals surface area contributed by atoms with Gasteiger partial charge in [-0.1, -0.05) is 30.7 Å². The van der Waals surface area contributed by atoms with Crippen molar-refractivity contribution < 1.29 is 14.6 Å². The fourth-order valence-electron chi connectivity index (χ4n) is 5.10. The van der Waals surface area contributed by atoms with Gasteiger partial charge in [0.15, 0.2) is 0 Å². The summed E-state index contributed by atoms with van der Waals surface area (Å²) in [7, 11) is 4.23. The summed E-state index contributed by atoms with van der Waals surface area (Å²) in [5.41, 5.74) is 2.80. The molecule has 4 rings (SSSR count). The molecule has 2 atom stereocenters. The van der Waals surface area contributed by atoms with Crippen molar-refractivity contribution >= 4 is 23.4 Å². The van der Waals surface area contributed by atoms with E-state index in [-0.39, 0.29) is 11.1 Å². The van der Waals surface area contributed by atoms with Gasteiger partial charge in [0.1, 0.15) is 11.4 Å². The van der Waals surface area contributed by atoms with Crippen LogP contribution in [0.3, 0.4) is 0 Å². The average Bonchev–Trinajstić information content (AvgIpc) is 2.97. The summed E-state index contributed by atoms with van der Waals surface area (Å²) in [5, 5.41) is 9.67. The van der Waals surface area contributed by atoms with Crippen molar-refractivity contribution in [1.82, 2.24) is 4.90 Å². The van der Waals surface area contributed by atoms with Crippen molar-refractivity contribution in [2.45, 2.75) is 24.4 Å². The lowest BCUT2D eigenvalue weighted by atomic mass is 9.71. The predicted molar refractivity (Wildman–Crippen MR) is 101 cm³/mol. The number of fused-ring (bicyclic) bond motifs is 3. The van der Waals surface area contributed by atoms with Crippen LogP contribution < -0.4 is 9.64 Å². The molecule has 0 aromatic heterocycles. The van der Waals surface area contributed by atoms with Gasteiger partial charge in [-0.25, -0.2) is 4.79 Å². The Morgan fingerprint density at radius 1 is 1.19 bits per heavy atom. The van der Waals surface area contributed by atoms with Crippen LogP contribution >= 0.6 is 11.6 Å². The zero-order valence-electron chi connectivity index (χ0n) is 15.0. The van der Waals surface area contributed by atoms with Crippen LogP contribution in [-0.4, -0.2) is 36.8 Å². The Morgan fingerprint density at radius 3 is 2.54 bits per heavy atom. The molecule has 1 fully saturated rings. The molecule has 0 saturated carbocycles. The molecule has 0 bridgehead atoms. The first-order valence-electron chi connectivity index (χ1n) is 8.57. The molecule has 136 valence electrons. The van der Waals surface area contributed by atoms with Crippen LogP contribution in [0.2, 0.25) is 5.02 Å². The molecule has 2 aromatic rings. The van der Waals surface area contributed by atoms with E-state index in [2.05, 4.69) is 43.0 Å². The maximum absolute atomic E-state index is 11.0. The van der Waals surface area contributed by atoms with E-state index in [0.29, 0.717) is 10.8 Å². The predicted octanol–water partition coefficient (Wildman–Crippen LogP) is 4.29. The van der Waals surface area contributed by atoms with E-state index in [1.165, 1.54) is 5.56 Å². The van der Waals surface area contributed by atoms with Crippen molar-refractivity contribution in [2.75, 3.05) is 25.5 Å². The van der Waals surface area contributed by atoms with Crippen LogP contribution in [0.1, 0.15) is 24.5 Å². The Morgan fingerprint density at radius 2 is 1.88 bits per heavy atom. The van der Waals surface area contributed by atoms with Crippen molar-refractivity contribution in [2.24, 2.45) is 0 Å². The molecule has 5 nitrogen and oxygen atoms in total. The summed E-state index contributed by atoms with van der Waals surface area (Å²) in [6.45, 7) is 3.19. The van der Waals surface area contributed by atoms with Crippen LogP contribution in [0.4, 0.5) is 10.5 Å². The minimum Gasteiger partial charge on any atom is -0.449 e. The van der Waals surface area contributed by atoms with Crippen molar-refractivity contribution in [3.8, 4) is 5.75 Å². The van der Waals surface area contributed by atoms with Gasteiger partial charge in [-0.05, 0) is 54.9 Å². The highest BCUT2D eigenvalue weighted by atomic mass is 35.5. The second kappa shape index (κ2) is 5.63. The topological polar surface area (TPSA) is 53.0 Å². The summed E-state index contributed by atoms with van der Waals surface area (Å²) in [4.78, 5) is 15.6. The molecular weight excluding hydrogens is 352 g/mol. The summed E-state index contributed by atoms with van der Waals surface area (Å²) in [5.74, 6) is 0.354. The standard InChI is InChI=1S/C20H21ClN2O3/c1-19-10-11-22(2)20(19,13-4-6-14(21)7-5-13)23(3)17-9-8-15(12-16(17)19)26-18(24)25/h4-9,12H,10-11H2,1-3H3,(H,24,25)/t19-,20-/m0/s1. The SMILES string of the molecule is CN1CC[C@@]2(C)c3cc(OC(=O)O)ccc3N(C)[C@]12c1ccc(Cl)cc1. The molecular formula is C20H21ClN2O3. The van der Waals surface area contributed by atoms with Crippen LogP contribution in [0.25, 0.3) is 0 Å². The second-order valence-corrected chi connectivity index (χ2v) is 7.73. The van der Waals surface area contributed by atoms with E-state index in [1.54, 1.807) is 6.07 Å². The van der Waals surface area contributed by atoms with Gasteiger partial charge < -0.3 is 14.7 Å². The Bertz CT molecular complexity index is 885. The Labute approximate surface area is 157 Å². The molecule has 2 aliphatic rings.